The summed E-state index contributed by atoms with van der Waals surface area (Å²) in [4.78, 5) is 18.6. The van der Waals surface area contributed by atoms with Gasteiger partial charge in [0.2, 0.25) is 0 Å². The predicted octanol–water partition coefficient (Wildman–Crippen LogP) is 4.53. The number of aromatic nitrogens is 1. The van der Waals surface area contributed by atoms with Crippen molar-refractivity contribution < 1.29 is 14.3 Å². The van der Waals surface area contributed by atoms with Gasteiger partial charge in [0.05, 0.1) is 25.5 Å². The van der Waals surface area contributed by atoms with Gasteiger partial charge in [-0.2, -0.15) is 0 Å². The number of ether oxygens (including phenoxy) is 2. The molecule has 2 aromatic rings. The number of aryl methyl sites for hydroxylation is 1. The van der Waals surface area contributed by atoms with Crippen molar-refractivity contribution in [1.82, 2.24) is 4.98 Å². The topological polar surface area (TPSA) is 60.5 Å². The third kappa shape index (κ3) is 3.92. The van der Waals surface area contributed by atoms with Crippen LogP contribution in [0.25, 0.3) is 0 Å². The first-order valence-corrected chi connectivity index (χ1v) is 10.2. The second-order valence-corrected chi connectivity index (χ2v) is 8.29. The van der Waals surface area contributed by atoms with Crippen molar-refractivity contribution in [2.24, 2.45) is 5.92 Å². The van der Waals surface area contributed by atoms with E-state index in [4.69, 9.17) is 9.47 Å². The first-order chi connectivity index (χ1) is 12.0. The van der Waals surface area contributed by atoms with Crippen molar-refractivity contribution in [3.8, 4) is 11.5 Å². The first kappa shape index (κ1) is 18.4. The van der Waals surface area contributed by atoms with E-state index >= 15 is 0 Å². The molecule has 1 aliphatic rings. The van der Waals surface area contributed by atoms with Crippen LogP contribution >= 0.6 is 33.9 Å². The minimum Gasteiger partial charge on any atom is -0.493 e. The Morgan fingerprint density at radius 1 is 1.36 bits per heavy atom. The molecule has 0 fully saturated rings. The summed E-state index contributed by atoms with van der Waals surface area (Å²) in [6, 6.07) is 3.50. The lowest BCUT2D eigenvalue weighted by atomic mass is 9.89. The number of methoxy groups -OCH3 is 2. The zero-order valence-electron chi connectivity index (χ0n) is 14.5. The highest BCUT2D eigenvalue weighted by atomic mass is 127. The molecule has 1 unspecified atom stereocenters. The average Bonchev–Trinajstić information content (AvgIpc) is 3.02. The molecule has 1 amide bonds. The van der Waals surface area contributed by atoms with E-state index in [-0.39, 0.29) is 5.91 Å². The summed E-state index contributed by atoms with van der Waals surface area (Å²) in [5.41, 5.74) is 1.70. The summed E-state index contributed by atoms with van der Waals surface area (Å²) in [6.45, 7) is 2.23. The Labute approximate surface area is 165 Å². The maximum absolute atomic E-state index is 12.7. The van der Waals surface area contributed by atoms with E-state index < -0.39 is 0 Å². The maximum Gasteiger partial charge on any atom is 0.258 e. The molecular formula is C18H21IN2O3S. The highest BCUT2D eigenvalue weighted by Gasteiger charge is 2.23. The molecule has 0 spiro atoms. The average molecular weight is 472 g/mol. The molecule has 1 N–H and O–H groups in total. The molecule has 0 bridgehead atoms. The number of carbonyl (C=O) groups is 1. The van der Waals surface area contributed by atoms with E-state index in [1.165, 1.54) is 17.7 Å². The van der Waals surface area contributed by atoms with E-state index in [9.17, 15) is 4.79 Å². The molecule has 7 heteroatoms. The van der Waals surface area contributed by atoms with Gasteiger partial charge in [0.15, 0.2) is 16.6 Å². The summed E-state index contributed by atoms with van der Waals surface area (Å²) >= 11 is 3.73. The van der Waals surface area contributed by atoms with Gasteiger partial charge in [0.1, 0.15) is 0 Å². The van der Waals surface area contributed by atoms with Crippen LogP contribution in [-0.4, -0.2) is 25.1 Å². The van der Waals surface area contributed by atoms with E-state index in [2.05, 4.69) is 39.8 Å². The third-order valence-corrected chi connectivity index (χ3v) is 6.49. The Balaban J connectivity index is 1.80. The van der Waals surface area contributed by atoms with Gasteiger partial charge in [-0.3, -0.25) is 10.1 Å². The normalized spacial score (nSPS) is 16.2. The zero-order chi connectivity index (χ0) is 18.0. The number of benzene rings is 1. The van der Waals surface area contributed by atoms with Crippen LogP contribution < -0.4 is 14.8 Å². The number of nitrogens with zero attached hydrogens (tertiary/aromatic N) is 1. The Morgan fingerprint density at radius 3 is 2.76 bits per heavy atom. The van der Waals surface area contributed by atoms with Crippen molar-refractivity contribution in [1.29, 1.82) is 0 Å². The Bertz CT molecular complexity index is 791. The van der Waals surface area contributed by atoms with Gasteiger partial charge >= 0.3 is 0 Å². The summed E-state index contributed by atoms with van der Waals surface area (Å²) < 4.78 is 11.4. The van der Waals surface area contributed by atoms with Crippen LogP contribution in [-0.2, 0) is 12.8 Å². The Hall–Kier alpha value is -1.35. The largest absolute Gasteiger partial charge is 0.493 e. The fourth-order valence-electron chi connectivity index (χ4n) is 3.04. The van der Waals surface area contributed by atoms with Crippen LogP contribution in [0.4, 0.5) is 5.13 Å². The molecular weight excluding hydrogens is 451 g/mol. The minimum atomic E-state index is -0.177. The number of nitrogens with one attached hydrogen (secondary N) is 1. The second-order valence-electron chi connectivity index (χ2n) is 6.05. The number of hydrogen-bond donors (Lipinski definition) is 1. The van der Waals surface area contributed by atoms with E-state index in [0.29, 0.717) is 22.2 Å². The lowest BCUT2D eigenvalue weighted by molar-refractivity contribution is 0.102. The van der Waals surface area contributed by atoms with Crippen LogP contribution in [0.2, 0.25) is 0 Å². The molecule has 1 atom stereocenters. The van der Waals surface area contributed by atoms with Crippen molar-refractivity contribution in [2.75, 3.05) is 19.5 Å². The lowest BCUT2D eigenvalue weighted by Gasteiger charge is -2.18. The van der Waals surface area contributed by atoms with Crippen molar-refractivity contribution in [3.05, 3.63) is 31.8 Å². The highest BCUT2D eigenvalue weighted by Crippen LogP contribution is 2.35. The molecule has 0 saturated heterocycles. The van der Waals surface area contributed by atoms with Crippen LogP contribution in [0.3, 0.4) is 0 Å². The molecule has 1 aromatic heterocycles. The molecule has 0 aliphatic heterocycles. The number of halogens is 1. The van der Waals surface area contributed by atoms with Crippen LogP contribution in [0, 0.1) is 9.49 Å². The number of rotatable bonds is 5. The molecule has 5 nitrogen and oxygen atoms in total. The monoisotopic (exact) mass is 472 g/mol. The summed E-state index contributed by atoms with van der Waals surface area (Å²) in [7, 11) is 3.14. The van der Waals surface area contributed by atoms with Crippen LogP contribution in [0.15, 0.2) is 12.1 Å². The fourth-order valence-corrected chi connectivity index (χ4v) is 4.84. The van der Waals surface area contributed by atoms with Crippen LogP contribution in [0.1, 0.15) is 40.7 Å². The SMILES string of the molecule is CCC1CCc2nc(NC(=O)c3cc(OC)c(OC)cc3I)sc2C1. The smallest absolute Gasteiger partial charge is 0.258 e. The standard InChI is InChI=1S/C18H21IN2O3S/c1-4-10-5-6-13-16(7-10)25-18(20-13)21-17(22)11-8-14(23-2)15(24-3)9-12(11)19/h8-10H,4-7H2,1-3H3,(H,20,21,22). The van der Waals surface area contributed by atoms with Gasteiger partial charge in [-0.05, 0) is 59.9 Å². The second kappa shape index (κ2) is 7.90. The quantitative estimate of drug-likeness (QED) is 0.650. The lowest BCUT2D eigenvalue weighted by Crippen LogP contribution is -2.14. The number of anilines is 1. The molecule has 134 valence electrons. The number of thiazole rings is 1. The summed E-state index contributed by atoms with van der Waals surface area (Å²) in [6.07, 6.45) is 4.47. The van der Waals surface area contributed by atoms with Gasteiger partial charge in [0, 0.05) is 8.45 Å². The van der Waals surface area contributed by atoms with Gasteiger partial charge in [-0.1, -0.05) is 13.3 Å². The number of carbonyl (C=O) groups excluding carboxylic acids is 1. The zero-order valence-corrected chi connectivity index (χ0v) is 17.5. The maximum atomic E-state index is 12.7. The number of amides is 1. The van der Waals surface area contributed by atoms with Crippen molar-refractivity contribution in [3.63, 3.8) is 0 Å². The van der Waals surface area contributed by atoms with Crippen molar-refractivity contribution >= 4 is 45.0 Å². The van der Waals surface area contributed by atoms with E-state index in [1.54, 1.807) is 37.7 Å². The summed E-state index contributed by atoms with van der Waals surface area (Å²) in [5, 5.41) is 3.62. The predicted molar refractivity (Wildman–Crippen MR) is 108 cm³/mol. The van der Waals surface area contributed by atoms with E-state index in [0.717, 1.165) is 28.0 Å². The van der Waals surface area contributed by atoms with Gasteiger partial charge < -0.3 is 9.47 Å². The first-order valence-electron chi connectivity index (χ1n) is 8.27. The molecule has 0 radical (unpaired) electrons. The van der Waals surface area contributed by atoms with Crippen LogP contribution in [0.5, 0.6) is 11.5 Å². The molecule has 25 heavy (non-hydrogen) atoms. The van der Waals surface area contributed by atoms with E-state index in [1.807, 2.05) is 0 Å². The Morgan fingerprint density at radius 2 is 2.08 bits per heavy atom. The molecule has 3 rings (SSSR count). The fraction of sp³-hybridized carbons (Fsp3) is 0.444. The highest BCUT2D eigenvalue weighted by molar-refractivity contribution is 14.1. The van der Waals surface area contributed by atoms with Gasteiger partial charge in [-0.25, -0.2) is 4.98 Å². The molecule has 1 heterocycles. The Kier molecular flexibility index (Phi) is 5.83. The number of fused-ring (bicyclic) bond motifs is 1. The van der Waals surface area contributed by atoms with Gasteiger partial charge in [-0.15, -0.1) is 11.3 Å². The number of hydrogen-bond acceptors (Lipinski definition) is 5. The van der Waals surface area contributed by atoms with Gasteiger partial charge in [0.25, 0.3) is 5.91 Å². The van der Waals surface area contributed by atoms with Crippen molar-refractivity contribution in [2.45, 2.75) is 32.6 Å². The molecule has 0 saturated carbocycles. The third-order valence-electron chi connectivity index (χ3n) is 4.56. The summed E-state index contributed by atoms with van der Waals surface area (Å²) in [5.74, 6) is 1.71. The molecule has 1 aliphatic carbocycles. The minimum absolute atomic E-state index is 0.177. The molecule has 1 aromatic carbocycles.